The molecule has 72 valence electrons. The van der Waals surface area contributed by atoms with E-state index in [1.165, 1.54) is 11.8 Å². The van der Waals surface area contributed by atoms with Crippen molar-refractivity contribution in [3.63, 3.8) is 0 Å². The minimum atomic E-state index is 0.497. The topological polar surface area (TPSA) is 38.7 Å². The van der Waals surface area contributed by atoms with Crippen molar-refractivity contribution in [2.75, 3.05) is 0 Å². The van der Waals surface area contributed by atoms with Crippen molar-refractivity contribution in [1.29, 1.82) is 0 Å². The molecule has 0 aliphatic rings. The van der Waals surface area contributed by atoms with Crippen molar-refractivity contribution in [2.45, 2.75) is 16.3 Å². The molecular formula is C8H6ClN3S2. The lowest BCUT2D eigenvalue weighted by Crippen LogP contribution is -1.79. The molecule has 6 heteroatoms. The molecule has 2 aromatic heterocycles. The zero-order valence-electron chi connectivity index (χ0n) is 7.27. The molecule has 0 fully saturated rings. The molecule has 14 heavy (non-hydrogen) atoms. The van der Waals surface area contributed by atoms with Gasteiger partial charge in [-0.15, -0.1) is 10.2 Å². The second kappa shape index (κ2) is 4.25. The van der Waals surface area contributed by atoms with Gasteiger partial charge in [0.05, 0.1) is 0 Å². The van der Waals surface area contributed by atoms with Gasteiger partial charge in [0.25, 0.3) is 0 Å². The molecule has 0 aliphatic heterocycles. The van der Waals surface area contributed by atoms with Crippen molar-refractivity contribution in [2.24, 2.45) is 0 Å². The lowest BCUT2D eigenvalue weighted by Gasteiger charge is -1.95. The SMILES string of the molecule is Cc1nnc(Sc2cccc(Cl)n2)s1. The Bertz CT molecular complexity index is 444. The van der Waals surface area contributed by atoms with Gasteiger partial charge in [0.2, 0.25) is 0 Å². The van der Waals surface area contributed by atoms with Crippen LogP contribution in [0.2, 0.25) is 5.15 Å². The summed E-state index contributed by atoms with van der Waals surface area (Å²) in [6.07, 6.45) is 0. The fraction of sp³-hybridized carbons (Fsp3) is 0.125. The van der Waals surface area contributed by atoms with Crippen LogP contribution in [0.1, 0.15) is 5.01 Å². The summed E-state index contributed by atoms with van der Waals surface area (Å²) in [4.78, 5) is 4.15. The number of nitrogens with zero attached hydrogens (tertiary/aromatic N) is 3. The third-order valence-electron chi connectivity index (χ3n) is 1.39. The van der Waals surface area contributed by atoms with Gasteiger partial charge in [0.15, 0.2) is 4.34 Å². The van der Waals surface area contributed by atoms with Crippen LogP contribution in [-0.4, -0.2) is 15.2 Å². The molecule has 0 aromatic carbocycles. The van der Waals surface area contributed by atoms with Gasteiger partial charge in [-0.1, -0.05) is 29.0 Å². The summed E-state index contributed by atoms with van der Waals surface area (Å²) < 4.78 is 0.886. The average molecular weight is 244 g/mol. The normalized spacial score (nSPS) is 10.4. The predicted octanol–water partition coefficient (Wildman–Crippen LogP) is 3.05. The highest BCUT2D eigenvalue weighted by Crippen LogP contribution is 2.28. The summed E-state index contributed by atoms with van der Waals surface area (Å²) in [6.45, 7) is 1.92. The highest BCUT2D eigenvalue weighted by atomic mass is 35.5. The monoisotopic (exact) mass is 243 g/mol. The number of aromatic nitrogens is 3. The van der Waals surface area contributed by atoms with Crippen LogP contribution >= 0.6 is 34.7 Å². The first-order valence-electron chi connectivity index (χ1n) is 3.84. The highest BCUT2D eigenvalue weighted by Gasteiger charge is 2.04. The number of pyridine rings is 1. The van der Waals surface area contributed by atoms with Gasteiger partial charge in [-0.25, -0.2) is 4.98 Å². The van der Waals surface area contributed by atoms with E-state index < -0.39 is 0 Å². The molecule has 0 spiro atoms. The zero-order chi connectivity index (χ0) is 9.97. The largest absolute Gasteiger partial charge is 0.229 e. The Morgan fingerprint density at radius 1 is 1.36 bits per heavy atom. The van der Waals surface area contributed by atoms with Crippen molar-refractivity contribution in [1.82, 2.24) is 15.2 Å². The fourth-order valence-electron chi connectivity index (χ4n) is 0.856. The maximum Gasteiger partial charge on any atom is 0.180 e. The van der Waals surface area contributed by atoms with Gasteiger partial charge in [-0.05, 0) is 30.8 Å². The molecular weight excluding hydrogens is 238 g/mol. The average Bonchev–Trinajstić information content (AvgIpc) is 2.51. The van der Waals surface area contributed by atoms with Gasteiger partial charge in [-0.3, -0.25) is 0 Å². The molecule has 2 aromatic rings. The van der Waals surface area contributed by atoms with Gasteiger partial charge in [0.1, 0.15) is 15.2 Å². The molecule has 0 saturated carbocycles. The summed E-state index contributed by atoms with van der Waals surface area (Å²) in [5.74, 6) is 0. The second-order valence-electron chi connectivity index (χ2n) is 2.49. The molecule has 0 N–H and O–H groups in total. The molecule has 0 atom stereocenters. The quantitative estimate of drug-likeness (QED) is 0.760. The standard InChI is InChI=1S/C8H6ClN3S2/c1-5-11-12-8(13-5)14-7-4-2-3-6(9)10-7/h2-4H,1H3. The van der Waals surface area contributed by atoms with E-state index in [9.17, 15) is 0 Å². The molecule has 2 heterocycles. The van der Waals surface area contributed by atoms with E-state index in [1.54, 1.807) is 17.4 Å². The minimum absolute atomic E-state index is 0.497. The molecule has 0 aliphatic carbocycles. The molecule has 0 radical (unpaired) electrons. The van der Waals surface area contributed by atoms with Gasteiger partial charge in [0, 0.05) is 0 Å². The fourth-order valence-corrected chi connectivity index (χ4v) is 2.82. The Balaban J connectivity index is 2.18. The van der Waals surface area contributed by atoms with Crippen LogP contribution in [0.4, 0.5) is 0 Å². The first-order chi connectivity index (χ1) is 6.74. The summed E-state index contributed by atoms with van der Waals surface area (Å²) in [5, 5.41) is 10.2. The van der Waals surface area contributed by atoms with E-state index in [0.29, 0.717) is 5.15 Å². The number of hydrogen-bond donors (Lipinski definition) is 0. The van der Waals surface area contributed by atoms with Crippen LogP contribution < -0.4 is 0 Å². The van der Waals surface area contributed by atoms with E-state index in [-0.39, 0.29) is 0 Å². The molecule has 3 nitrogen and oxygen atoms in total. The Morgan fingerprint density at radius 2 is 2.21 bits per heavy atom. The number of aryl methyl sites for hydroxylation is 1. The molecule has 0 saturated heterocycles. The van der Waals surface area contributed by atoms with Crippen LogP contribution in [0, 0.1) is 6.92 Å². The van der Waals surface area contributed by atoms with Gasteiger partial charge >= 0.3 is 0 Å². The summed E-state index contributed by atoms with van der Waals surface area (Å²) >= 11 is 8.78. The number of hydrogen-bond acceptors (Lipinski definition) is 5. The van der Waals surface area contributed by atoms with Crippen LogP contribution in [0.25, 0.3) is 0 Å². The molecule has 2 rings (SSSR count). The van der Waals surface area contributed by atoms with E-state index >= 15 is 0 Å². The Kier molecular flexibility index (Phi) is 3.00. The number of rotatable bonds is 2. The van der Waals surface area contributed by atoms with E-state index in [1.807, 2.05) is 19.1 Å². The number of halogens is 1. The smallest absolute Gasteiger partial charge is 0.180 e. The molecule has 0 unspecified atom stereocenters. The van der Waals surface area contributed by atoms with Crippen molar-refractivity contribution in [3.8, 4) is 0 Å². The summed E-state index contributed by atoms with van der Waals surface area (Å²) in [7, 11) is 0. The first-order valence-corrected chi connectivity index (χ1v) is 5.85. The van der Waals surface area contributed by atoms with E-state index in [4.69, 9.17) is 11.6 Å². The minimum Gasteiger partial charge on any atom is -0.229 e. The van der Waals surface area contributed by atoms with Crippen LogP contribution in [0.5, 0.6) is 0 Å². The van der Waals surface area contributed by atoms with Crippen LogP contribution in [-0.2, 0) is 0 Å². The molecule has 0 bridgehead atoms. The van der Waals surface area contributed by atoms with Gasteiger partial charge in [-0.2, -0.15) is 0 Å². The second-order valence-corrected chi connectivity index (χ2v) is 5.32. The lowest BCUT2D eigenvalue weighted by molar-refractivity contribution is 0.980. The van der Waals surface area contributed by atoms with Crippen molar-refractivity contribution >= 4 is 34.7 Å². The van der Waals surface area contributed by atoms with E-state index in [0.717, 1.165) is 14.4 Å². The Morgan fingerprint density at radius 3 is 2.86 bits per heavy atom. The van der Waals surface area contributed by atoms with Crippen LogP contribution in [0.15, 0.2) is 27.6 Å². The zero-order valence-corrected chi connectivity index (χ0v) is 9.66. The highest BCUT2D eigenvalue weighted by molar-refractivity contribution is 8.01. The van der Waals surface area contributed by atoms with Gasteiger partial charge < -0.3 is 0 Å². The maximum absolute atomic E-state index is 5.76. The Hall–Kier alpha value is -0.650. The Labute approximate surface area is 94.5 Å². The van der Waals surface area contributed by atoms with Crippen LogP contribution in [0.3, 0.4) is 0 Å². The lowest BCUT2D eigenvalue weighted by atomic mass is 10.5. The van der Waals surface area contributed by atoms with E-state index in [2.05, 4.69) is 15.2 Å². The van der Waals surface area contributed by atoms with Crippen molar-refractivity contribution in [3.05, 3.63) is 28.4 Å². The van der Waals surface area contributed by atoms with Crippen molar-refractivity contribution < 1.29 is 0 Å². The summed E-state index contributed by atoms with van der Waals surface area (Å²) in [6, 6.07) is 5.51. The molecule has 0 amide bonds. The maximum atomic E-state index is 5.76. The first kappa shape index (κ1) is 9.89. The predicted molar refractivity (Wildman–Crippen MR) is 58.0 cm³/mol. The third kappa shape index (κ3) is 2.43. The summed E-state index contributed by atoms with van der Waals surface area (Å²) in [5.41, 5.74) is 0. The third-order valence-corrected chi connectivity index (χ3v) is 3.43.